The first kappa shape index (κ1) is 17.8. The highest BCUT2D eigenvalue weighted by molar-refractivity contribution is 7.18. The third-order valence-electron chi connectivity index (χ3n) is 3.96. The van der Waals surface area contributed by atoms with Crippen LogP contribution in [0.15, 0.2) is 42.5 Å². The van der Waals surface area contributed by atoms with E-state index < -0.39 is 4.92 Å². The van der Waals surface area contributed by atoms with E-state index in [-0.39, 0.29) is 11.6 Å². The molecule has 8 heteroatoms. The average Bonchev–Trinajstić information content (AvgIpc) is 3.02. The zero-order valence-corrected chi connectivity index (χ0v) is 15.5. The summed E-state index contributed by atoms with van der Waals surface area (Å²) in [6.07, 6.45) is 0. The Morgan fingerprint density at radius 2 is 1.92 bits per heavy atom. The first-order valence-electron chi connectivity index (χ1n) is 7.92. The van der Waals surface area contributed by atoms with E-state index in [4.69, 9.17) is 0 Å². The zero-order chi connectivity index (χ0) is 18.8. The molecule has 0 bridgehead atoms. The molecule has 0 aliphatic rings. The third kappa shape index (κ3) is 3.50. The number of benzene rings is 2. The summed E-state index contributed by atoms with van der Waals surface area (Å²) in [7, 11) is 5.27. The number of carbonyl (C=O) groups excluding carboxylic acids is 1. The molecule has 3 rings (SSSR count). The molecule has 3 aromatic rings. The van der Waals surface area contributed by atoms with Gasteiger partial charge in [-0.25, -0.2) is 4.98 Å². The number of nitro groups is 1. The number of amides is 1. The molecule has 134 valence electrons. The van der Waals surface area contributed by atoms with Gasteiger partial charge in [0, 0.05) is 39.0 Å². The summed E-state index contributed by atoms with van der Waals surface area (Å²) >= 11 is 1.53. The largest absolute Gasteiger partial charge is 0.377 e. The van der Waals surface area contributed by atoms with E-state index in [1.54, 1.807) is 32.1 Å². The summed E-state index contributed by atoms with van der Waals surface area (Å²) in [5.41, 5.74) is 1.73. The van der Waals surface area contributed by atoms with E-state index in [0.717, 1.165) is 15.2 Å². The Morgan fingerprint density at radius 3 is 2.58 bits per heavy atom. The van der Waals surface area contributed by atoms with Gasteiger partial charge >= 0.3 is 0 Å². The SMILES string of the molecule is CN(Cc1nc2ccccc2s1)C(=O)c1cc([N+](=O)[O-])ccc1N(C)C. The van der Waals surface area contributed by atoms with Crippen LogP contribution in [0.2, 0.25) is 0 Å². The maximum absolute atomic E-state index is 12.9. The molecule has 7 nitrogen and oxygen atoms in total. The van der Waals surface area contributed by atoms with Crippen LogP contribution in [0.25, 0.3) is 10.2 Å². The summed E-state index contributed by atoms with van der Waals surface area (Å²) in [4.78, 5) is 31.3. The maximum Gasteiger partial charge on any atom is 0.270 e. The smallest absolute Gasteiger partial charge is 0.270 e. The Morgan fingerprint density at radius 1 is 1.19 bits per heavy atom. The third-order valence-corrected chi connectivity index (χ3v) is 4.98. The predicted octanol–water partition coefficient (Wildman–Crippen LogP) is 3.54. The second-order valence-corrected chi connectivity index (χ2v) is 7.20. The monoisotopic (exact) mass is 370 g/mol. The first-order chi connectivity index (χ1) is 12.4. The molecule has 1 aromatic heterocycles. The summed E-state index contributed by atoms with van der Waals surface area (Å²) in [6, 6.07) is 12.1. The summed E-state index contributed by atoms with van der Waals surface area (Å²) in [5, 5.41) is 11.9. The van der Waals surface area contributed by atoms with Crippen LogP contribution in [0.4, 0.5) is 11.4 Å². The van der Waals surface area contributed by atoms with Crippen molar-refractivity contribution >= 4 is 38.8 Å². The molecule has 0 saturated carbocycles. The molecule has 1 amide bonds. The van der Waals surface area contributed by atoms with E-state index in [2.05, 4.69) is 4.98 Å². The number of nitrogens with zero attached hydrogens (tertiary/aromatic N) is 4. The van der Waals surface area contributed by atoms with Crippen molar-refractivity contribution in [3.05, 3.63) is 63.1 Å². The number of nitro benzene ring substituents is 1. The van der Waals surface area contributed by atoms with Gasteiger partial charge in [-0.2, -0.15) is 0 Å². The Kier molecular flexibility index (Phi) is 4.85. The van der Waals surface area contributed by atoms with Crippen LogP contribution in [-0.2, 0) is 6.54 Å². The van der Waals surface area contributed by atoms with Gasteiger partial charge in [0.2, 0.25) is 0 Å². The minimum Gasteiger partial charge on any atom is -0.377 e. The average molecular weight is 370 g/mol. The summed E-state index contributed by atoms with van der Waals surface area (Å²) in [5.74, 6) is -0.281. The molecule has 0 aliphatic heterocycles. The van der Waals surface area contributed by atoms with Gasteiger partial charge in [0.1, 0.15) is 5.01 Å². The van der Waals surface area contributed by atoms with Gasteiger partial charge in [-0.1, -0.05) is 12.1 Å². The highest BCUT2D eigenvalue weighted by Crippen LogP contribution is 2.27. The fraction of sp³-hybridized carbons (Fsp3) is 0.222. The van der Waals surface area contributed by atoms with Gasteiger partial charge in [0.15, 0.2) is 0 Å². The van der Waals surface area contributed by atoms with Crippen LogP contribution in [0, 0.1) is 10.1 Å². The van der Waals surface area contributed by atoms with Gasteiger partial charge in [-0.3, -0.25) is 14.9 Å². The number of carbonyl (C=O) groups is 1. The van der Waals surface area contributed by atoms with Crippen LogP contribution < -0.4 is 4.90 Å². The molecule has 0 N–H and O–H groups in total. The molecule has 0 unspecified atom stereocenters. The zero-order valence-electron chi connectivity index (χ0n) is 14.7. The van der Waals surface area contributed by atoms with Gasteiger partial charge in [-0.15, -0.1) is 11.3 Å². The van der Waals surface area contributed by atoms with Gasteiger partial charge in [0.05, 0.1) is 27.2 Å². The number of fused-ring (bicyclic) bond motifs is 1. The Labute approximate surface area is 154 Å². The number of non-ortho nitro benzene ring substituents is 1. The minimum atomic E-state index is -0.496. The quantitative estimate of drug-likeness (QED) is 0.507. The Hall–Kier alpha value is -3.00. The summed E-state index contributed by atoms with van der Waals surface area (Å²) < 4.78 is 1.06. The fourth-order valence-electron chi connectivity index (χ4n) is 2.67. The lowest BCUT2D eigenvalue weighted by Crippen LogP contribution is -2.28. The number of thiazole rings is 1. The molecular weight excluding hydrogens is 352 g/mol. The Balaban J connectivity index is 1.89. The Bertz CT molecular complexity index is 950. The maximum atomic E-state index is 12.9. The van der Waals surface area contributed by atoms with Crippen molar-refractivity contribution in [2.75, 3.05) is 26.0 Å². The predicted molar refractivity (Wildman–Crippen MR) is 103 cm³/mol. The lowest BCUT2D eigenvalue weighted by molar-refractivity contribution is -0.384. The molecule has 26 heavy (non-hydrogen) atoms. The highest BCUT2D eigenvalue weighted by Gasteiger charge is 2.21. The molecule has 0 spiro atoms. The number of rotatable bonds is 5. The molecule has 0 saturated heterocycles. The van der Waals surface area contributed by atoms with Gasteiger partial charge in [-0.05, 0) is 18.2 Å². The van der Waals surface area contributed by atoms with Crippen molar-refractivity contribution in [1.29, 1.82) is 0 Å². The number of aromatic nitrogens is 1. The van der Waals surface area contributed by atoms with Crippen LogP contribution in [-0.4, -0.2) is 41.9 Å². The van der Waals surface area contributed by atoms with Crippen molar-refractivity contribution in [3.8, 4) is 0 Å². The molecular formula is C18H18N4O3S. The first-order valence-corrected chi connectivity index (χ1v) is 8.74. The van der Waals surface area contributed by atoms with Crippen LogP contribution in [0.1, 0.15) is 15.4 Å². The normalized spacial score (nSPS) is 10.7. The highest BCUT2D eigenvalue weighted by atomic mass is 32.1. The van der Waals surface area contributed by atoms with Crippen LogP contribution in [0.3, 0.4) is 0 Å². The number of para-hydroxylation sites is 1. The molecule has 0 fully saturated rings. The van der Waals surface area contributed by atoms with E-state index in [0.29, 0.717) is 17.8 Å². The number of hydrogen-bond donors (Lipinski definition) is 0. The van der Waals surface area contributed by atoms with Crippen molar-refractivity contribution in [1.82, 2.24) is 9.88 Å². The molecule has 0 radical (unpaired) electrons. The van der Waals surface area contributed by atoms with E-state index in [1.807, 2.05) is 24.3 Å². The standard InChI is InChI=1S/C18H18N4O3S/c1-20(2)15-9-8-12(22(24)25)10-13(15)18(23)21(3)11-17-19-14-6-4-5-7-16(14)26-17/h4-10H,11H2,1-3H3. The summed E-state index contributed by atoms with van der Waals surface area (Å²) in [6.45, 7) is 0.341. The van der Waals surface area contributed by atoms with Gasteiger partial charge < -0.3 is 9.80 Å². The second-order valence-electron chi connectivity index (χ2n) is 6.09. The minimum absolute atomic E-state index is 0.104. The topological polar surface area (TPSA) is 79.6 Å². The molecule has 2 aromatic carbocycles. The number of anilines is 1. The fourth-order valence-corrected chi connectivity index (χ4v) is 3.69. The van der Waals surface area contributed by atoms with Gasteiger partial charge in [0.25, 0.3) is 11.6 Å². The lowest BCUT2D eigenvalue weighted by Gasteiger charge is -2.21. The van der Waals surface area contributed by atoms with Crippen LogP contribution >= 0.6 is 11.3 Å². The number of hydrogen-bond acceptors (Lipinski definition) is 6. The lowest BCUT2D eigenvalue weighted by atomic mass is 10.1. The molecule has 0 aliphatic carbocycles. The van der Waals surface area contributed by atoms with E-state index in [9.17, 15) is 14.9 Å². The van der Waals surface area contributed by atoms with E-state index in [1.165, 1.54) is 28.4 Å². The van der Waals surface area contributed by atoms with Crippen molar-refractivity contribution < 1.29 is 9.72 Å². The van der Waals surface area contributed by atoms with Crippen molar-refractivity contribution in [3.63, 3.8) is 0 Å². The molecule has 1 heterocycles. The van der Waals surface area contributed by atoms with Crippen LogP contribution in [0.5, 0.6) is 0 Å². The second kappa shape index (κ2) is 7.09. The van der Waals surface area contributed by atoms with Crippen molar-refractivity contribution in [2.45, 2.75) is 6.54 Å². The molecule has 0 atom stereocenters. The van der Waals surface area contributed by atoms with E-state index >= 15 is 0 Å². The van der Waals surface area contributed by atoms with Crippen molar-refractivity contribution in [2.24, 2.45) is 0 Å².